The molecule has 2 rings (SSSR count). The van der Waals surface area contributed by atoms with E-state index in [1.54, 1.807) is 6.07 Å². The van der Waals surface area contributed by atoms with Crippen LogP contribution in [0.3, 0.4) is 0 Å². The van der Waals surface area contributed by atoms with E-state index < -0.39 is 0 Å². The minimum absolute atomic E-state index is 0.0308. The van der Waals surface area contributed by atoms with E-state index in [0.717, 1.165) is 37.9 Å². The van der Waals surface area contributed by atoms with Gasteiger partial charge in [-0.25, -0.2) is 0 Å². The third-order valence-electron chi connectivity index (χ3n) is 2.69. The number of rotatable bonds is 4. The van der Waals surface area contributed by atoms with Crippen molar-refractivity contribution in [1.82, 2.24) is 10.5 Å². The Labute approximate surface area is 94.6 Å². The second-order valence-electron chi connectivity index (χ2n) is 4.07. The van der Waals surface area contributed by atoms with Crippen LogP contribution in [0.2, 0.25) is 0 Å². The van der Waals surface area contributed by atoms with E-state index in [4.69, 9.17) is 4.52 Å². The first-order chi connectivity index (χ1) is 7.79. The first kappa shape index (κ1) is 11.1. The zero-order chi connectivity index (χ0) is 11.4. The van der Waals surface area contributed by atoms with Gasteiger partial charge in [-0.2, -0.15) is 0 Å². The molecular weight excluding hydrogens is 206 g/mol. The van der Waals surface area contributed by atoms with Gasteiger partial charge in [0.1, 0.15) is 0 Å². The van der Waals surface area contributed by atoms with Crippen molar-refractivity contribution in [2.75, 3.05) is 11.9 Å². The van der Waals surface area contributed by atoms with Crippen LogP contribution in [0.15, 0.2) is 10.6 Å². The topological polar surface area (TPSA) is 67.2 Å². The van der Waals surface area contributed by atoms with Crippen LogP contribution in [-0.4, -0.2) is 23.7 Å². The summed E-state index contributed by atoms with van der Waals surface area (Å²) >= 11 is 0. The maximum atomic E-state index is 11.7. The fraction of sp³-hybridized carbons (Fsp3) is 0.636. The van der Waals surface area contributed by atoms with E-state index in [1.165, 1.54) is 0 Å². The fourth-order valence-electron chi connectivity index (χ4n) is 1.86. The largest absolute Gasteiger partial charge is 0.338 e. The van der Waals surface area contributed by atoms with Crippen molar-refractivity contribution in [3.63, 3.8) is 0 Å². The Bertz CT molecular complexity index is 356. The lowest BCUT2D eigenvalue weighted by Crippen LogP contribution is -2.35. The van der Waals surface area contributed by atoms with Crippen LogP contribution in [0.1, 0.15) is 31.9 Å². The van der Waals surface area contributed by atoms with Crippen LogP contribution in [0, 0.1) is 0 Å². The summed E-state index contributed by atoms with van der Waals surface area (Å²) in [7, 11) is 0. The molecule has 0 aliphatic carbocycles. The van der Waals surface area contributed by atoms with Crippen LogP contribution >= 0.6 is 0 Å². The Hall–Kier alpha value is -1.36. The van der Waals surface area contributed by atoms with Gasteiger partial charge in [-0.3, -0.25) is 10.1 Å². The van der Waals surface area contributed by atoms with E-state index in [-0.39, 0.29) is 11.9 Å². The third kappa shape index (κ3) is 2.61. The minimum atomic E-state index is -0.0836. The van der Waals surface area contributed by atoms with Crippen LogP contribution in [0.5, 0.6) is 0 Å². The Morgan fingerprint density at radius 3 is 3.31 bits per heavy atom. The number of nitrogens with zero attached hydrogens (tertiary/aromatic N) is 1. The predicted molar refractivity (Wildman–Crippen MR) is 60.2 cm³/mol. The molecule has 1 saturated heterocycles. The average molecular weight is 223 g/mol. The van der Waals surface area contributed by atoms with Gasteiger partial charge < -0.3 is 9.84 Å². The van der Waals surface area contributed by atoms with Crippen molar-refractivity contribution in [2.45, 2.75) is 38.6 Å². The average Bonchev–Trinajstić information content (AvgIpc) is 2.89. The molecule has 0 spiro atoms. The molecule has 2 heterocycles. The van der Waals surface area contributed by atoms with E-state index in [1.807, 2.05) is 0 Å². The molecule has 16 heavy (non-hydrogen) atoms. The second-order valence-corrected chi connectivity index (χ2v) is 4.07. The molecule has 2 N–H and O–H groups in total. The minimum Gasteiger partial charge on any atom is -0.338 e. The Kier molecular flexibility index (Phi) is 3.56. The lowest BCUT2D eigenvalue weighted by Gasteiger charge is -2.07. The quantitative estimate of drug-likeness (QED) is 0.807. The number of hydrogen-bond acceptors (Lipinski definition) is 4. The van der Waals surface area contributed by atoms with Crippen molar-refractivity contribution >= 4 is 11.8 Å². The number of anilines is 1. The van der Waals surface area contributed by atoms with Gasteiger partial charge in [0.15, 0.2) is 0 Å². The zero-order valence-electron chi connectivity index (χ0n) is 9.45. The normalized spacial score (nSPS) is 19.9. The zero-order valence-corrected chi connectivity index (χ0v) is 9.45. The van der Waals surface area contributed by atoms with Gasteiger partial charge in [0.25, 0.3) is 0 Å². The molecule has 5 nitrogen and oxygen atoms in total. The van der Waals surface area contributed by atoms with Crippen molar-refractivity contribution in [3.8, 4) is 0 Å². The lowest BCUT2D eigenvalue weighted by molar-refractivity contribution is -0.117. The molecule has 5 heteroatoms. The summed E-state index contributed by atoms with van der Waals surface area (Å²) < 4.78 is 5.04. The molecule has 1 fully saturated rings. The summed E-state index contributed by atoms with van der Waals surface area (Å²) in [4.78, 5) is 11.7. The molecule has 0 radical (unpaired) electrons. The summed E-state index contributed by atoms with van der Waals surface area (Å²) in [6, 6.07) is 1.70. The van der Waals surface area contributed by atoms with Crippen molar-refractivity contribution in [3.05, 3.63) is 11.8 Å². The van der Waals surface area contributed by atoms with Crippen LogP contribution in [0.4, 0.5) is 5.88 Å². The van der Waals surface area contributed by atoms with Gasteiger partial charge in [0.2, 0.25) is 11.8 Å². The summed E-state index contributed by atoms with van der Waals surface area (Å²) in [5, 5.41) is 9.74. The Morgan fingerprint density at radius 1 is 1.75 bits per heavy atom. The first-order valence-electron chi connectivity index (χ1n) is 5.79. The smallest absolute Gasteiger partial charge is 0.243 e. The van der Waals surface area contributed by atoms with Crippen molar-refractivity contribution in [2.24, 2.45) is 0 Å². The Balaban J connectivity index is 1.89. The molecule has 1 aliphatic heterocycles. The van der Waals surface area contributed by atoms with Gasteiger partial charge in [-0.1, -0.05) is 18.5 Å². The fourth-order valence-corrected chi connectivity index (χ4v) is 1.86. The molecule has 1 aliphatic rings. The number of nitrogens with one attached hydrogen (secondary N) is 2. The summed E-state index contributed by atoms with van der Waals surface area (Å²) in [6.07, 6.45) is 3.84. The number of aryl methyl sites for hydroxylation is 1. The van der Waals surface area contributed by atoms with Gasteiger partial charge >= 0.3 is 0 Å². The highest BCUT2D eigenvalue weighted by Gasteiger charge is 2.22. The van der Waals surface area contributed by atoms with Gasteiger partial charge in [-0.05, 0) is 25.8 Å². The summed E-state index contributed by atoms with van der Waals surface area (Å²) in [6.45, 7) is 2.99. The highest BCUT2D eigenvalue weighted by atomic mass is 16.5. The number of carbonyl (C=O) groups excluding carboxylic acids is 1. The second kappa shape index (κ2) is 5.12. The molecule has 1 aromatic rings. The highest BCUT2D eigenvalue weighted by molar-refractivity contribution is 5.93. The van der Waals surface area contributed by atoms with Gasteiger partial charge in [0, 0.05) is 6.07 Å². The summed E-state index contributed by atoms with van der Waals surface area (Å²) in [5.74, 6) is 0.416. The lowest BCUT2D eigenvalue weighted by atomic mass is 10.2. The van der Waals surface area contributed by atoms with Crippen LogP contribution in [-0.2, 0) is 11.2 Å². The molecular formula is C11H17N3O2. The van der Waals surface area contributed by atoms with E-state index in [9.17, 15) is 4.79 Å². The van der Waals surface area contributed by atoms with E-state index in [0.29, 0.717) is 5.88 Å². The van der Waals surface area contributed by atoms with Crippen LogP contribution < -0.4 is 10.6 Å². The SMILES string of the molecule is CCCc1cc(NC(=O)C2CCCN2)on1. The Morgan fingerprint density at radius 2 is 2.62 bits per heavy atom. The number of hydrogen-bond donors (Lipinski definition) is 2. The monoisotopic (exact) mass is 223 g/mol. The number of aromatic nitrogens is 1. The van der Waals surface area contributed by atoms with Gasteiger partial charge in [0.05, 0.1) is 11.7 Å². The number of amides is 1. The molecule has 1 amide bonds. The highest BCUT2D eigenvalue weighted by Crippen LogP contribution is 2.13. The van der Waals surface area contributed by atoms with Crippen molar-refractivity contribution in [1.29, 1.82) is 0 Å². The maximum Gasteiger partial charge on any atom is 0.243 e. The standard InChI is InChI=1S/C11H17N3O2/c1-2-4-8-7-10(16-14-8)13-11(15)9-5-3-6-12-9/h7,9,12H,2-6H2,1H3,(H,13,15). The van der Waals surface area contributed by atoms with E-state index >= 15 is 0 Å². The summed E-state index contributed by atoms with van der Waals surface area (Å²) in [5.41, 5.74) is 0.886. The van der Waals surface area contributed by atoms with Crippen molar-refractivity contribution < 1.29 is 9.32 Å². The maximum absolute atomic E-state index is 11.7. The van der Waals surface area contributed by atoms with E-state index in [2.05, 4.69) is 22.7 Å². The molecule has 1 atom stereocenters. The molecule has 1 aromatic heterocycles. The first-order valence-corrected chi connectivity index (χ1v) is 5.79. The van der Waals surface area contributed by atoms with Gasteiger partial charge in [-0.15, -0.1) is 0 Å². The molecule has 0 aromatic carbocycles. The third-order valence-corrected chi connectivity index (χ3v) is 2.69. The number of carbonyl (C=O) groups is 1. The molecule has 1 unspecified atom stereocenters. The molecule has 88 valence electrons. The molecule has 0 saturated carbocycles. The molecule has 0 bridgehead atoms. The van der Waals surface area contributed by atoms with Crippen LogP contribution in [0.25, 0.3) is 0 Å². The predicted octanol–water partition coefficient (Wildman–Crippen LogP) is 1.32.